The van der Waals surface area contributed by atoms with Gasteiger partial charge in [0.15, 0.2) is 5.13 Å². The number of anilines is 2. The van der Waals surface area contributed by atoms with Crippen LogP contribution < -0.4 is 15.0 Å². The van der Waals surface area contributed by atoms with E-state index in [4.69, 9.17) is 9.72 Å². The molecule has 186 valence electrons. The Kier molecular flexibility index (Phi) is 7.44. The molecule has 0 radical (unpaired) electrons. The van der Waals surface area contributed by atoms with Crippen LogP contribution in [0.15, 0.2) is 66.7 Å². The summed E-state index contributed by atoms with van der Waals surface area (Å²) in [5, 5.41) is 3.77. The smallest absolute Gasteiger partial charge is 0.410 e. The van der Waals surface area contributed by atoms with Crippen molar-refractivity contribution in [3.63, 3.8) is 0 Å². The minimum atomic E-state index is -0.563. The van der Waals surface area contributed by atoms with E-state index >= 15 is 0 Å². The molecule has 0 unspecified atom stereocenters. The fraction of sp³-hybridized carbons (Fsp3) is 0.286. The number of fused-ring (bicyclic) bond motifs is 1. The van der Waals surface area contributed by atoms with Crippen LogP contribution in [0.1, 0.15) is 19.3 Å². The van der Waals surface area contributed by atoms with Gasteiger partial charge in [-0.3, -0.25) is 5.32 Å². The normalized spacial score (nSPS) is 14.1. The summed E-state index contributed by atoms with van der Waals surface area (Å²) in [5.41, 5.74) is 3.37. The number of amides is 1. The average Bonchev–Trinajstić information content (AvgIpc) is 3.32. The number of piperidine rings is 1. The third-order valence-corrected chi connectivity index (χ3v) is 7.53. The molecule has 1 aliphatic rings. The fourth-order valence-electron chi connectivity index (χ4n) is 4.33. The van der Waals surface area contributed by atoms with Crippen LogP contribution in [0.4, 0.5) is 20.0 Å². The van der Waals surface area contributed by atoms with Gasteiger partial charge in [0.2, 0.25) is 0 Å². The monoisotopic (exact) mass is 504 g/mol. The van der Waals surface area contributed by atoms with Gasteiger partial charge in [-0.1, -0.05) is 42.0 Å². The van der Waals surface area contributed by atoms with Gasteiger partial charge in [-0.25, -0.2) is 14.2 Å². The van der Waals surface area contributed by atoms with Crippen molar-refractivity contribution < 1.29 is 13.9 Å². The van der Waals surface area contributed by atoms with Crippen molar-refractivity contribution in [2.45, 2.75) is 19.3 Å². The number of hydrogen-bond donors (Lipinski definition) is 1. The molecule has 0 spiro atoms. The minimum absolute atomic E-state index is 0.275. The Bertz CT molecular complexity index is 1320. The first kappa shape index (κ1) is 24.2. The highest BCUT2D eigenvalue weighted by molar-refractivity contribution is 7.22. The topological polar surface area (TPSA) is 57.7 Å². The van der Waals surface area contributed by atoms with Crippen molar-refractivity contribution >= 4 is 38.5 Å². The molecular formula is C28H29FN4O2S. The molecule has 2 heterocycles. The van der Waals surface area contributed by atoms with Crippen molar-refractivity contribution in [3.05, 3.63) is 72.5 Å². The number of aromatic nitrogens is 1. The lowest BCUT2D eigenvalue weighted by molar-refractivity contribution is 0.215. The van der Waals surface area contributed by atoms with Gasteiger partial charge in [0.1, 0.15) is 11.6 Å². The molecule has 0 atom stereocenters. The molecule has 36 heavy (non-hydrogen) atoms. The molecule has 0 bridgehead atoms. The van der Waals surface area contributed by atoms with E-state index in [1.54, 1.807) is 35.6 Å². The second kappa shape index (κ2) is 11.1. The largest absolute Gasteiger partial charge is 0.417 e. The molecule has 4 aromatic rings. The molecule has 1 aromatic heterocycles. The van der Waals surface area contributed by atoms with Crippen molar-refractivity contribution in [2.24, 2.45) is 0 Å². The van der Waals surface area contributed by atoms with Crippen LogP contribution in [0.2, 0.25) is 0 Å². The Balaban J connectivity index is 1.17. The maximum atomic E-state index is 13.1. The standard InChI is InChI=1S/C28H29FN4O2S/c1-32(17-18-33-15-3-2-4-16-33)27-31-25-14-11-23(19-26(25)36-27)30-28(34)35-24-12-7-21(8-13-24)20-5-9-22(29)10-6-20/h5-14,19H,2-4,15-18H2,1H3,(H,30,34). The van der Waals surface area contributed by atoms with Gasteiger partial charge in [0.05, 0.1) is 10.2 Å². The number of halogens is 1. The van der Waals surface area contributed by atoms with E-state index in [1.165, 1.54) is 44.5 Å². The summed E-state index contributed by atoms with van der Waals surface area (Å²) < 4.78 is 19.6. The van der Waals surface area contributed by atoms with Gasteiger partial charge in [-0.15, -0.1) is 0 Å². The quantitative estimate of drug-likeness (QED) is 0.306. The molecule has 1 fully saturated rings. The molecule has 0 saturated carbocycles. The molecule has 1 aliphatic heterocycles. The lowest BCUT2D eigenvalue weighted by Gasteiger charge is -2.28. The van der Waals surface area contributed by atoms with Crippen LogP contribution in [-0.4, -0.2) is 49.2 Å². The summed E-state index contributed by atoms with van der Waals surface area (Å²) in [7, 11) is 2.08. The number of carbonyl (C=O) groups excluding carboxylic acids is 1. The Hall–Kier alpha value is -3.49. The molecule has 6 nitrogen and oxygen atoms in total. The molecule has 1 saturated heterocycles. The molecule has 0 aliphatic carbocycles. The number of rotatable bonds is 7. The number of ether oxygens (including phenoxy) is 1. The van der Waals surface area contributed by atoms with Gasteiger partial charge in [-0.2, -0.15) is 0 Å². The van der Waals surface area contributed by atoms with Crippen LogP contribution in [0.3, 0.4) is 0 Å². The van der Waals surface area contributed by atoms with Crippen molar-refractivity contribution in [1.82, 2.24) is 9.88 Å². The van der Waals surface area contributed by atoms with Crippen molar-refractivity contribution in [3.8, 4) is 16.9 Å². The molecular weight excluding hydrogens is 475 g/mol. The van der Waals surface area contributed by atoms with Crippen LogP contribution in [0.25, 0.3) is 21.3 Å². The molecule has 5 rings (SSSR count). The number of benzene rings is 3. The highest BCUT2D eigenvalue weighted by atomic mass is 32.1. The van der Waals surface area contributed by atoms with Gasteiger partial charge in [-0.05, 0) is 79.5 Å². The fourth-order valence-corrected chi connectivity index (χ4v) is 5.32. The second-order valence-corrected chi connectivity index (χ2v) is 10.1. The first-order valence-corrected chi connectivity index (χ1v) is 13.0. The number of thiazole rings is 1. The maximum Gasteiger partial charge on any atom is 0.417 e. The average molecular weight is 505 g/mol. The predicted molar refractivity (Wildman–Crippen MR) is 145 cm³/mol. The number of nitrogens with one attached hydrogen (secondary N) is 1. The van der Waals surface area contributed by atoms with Crippen LogP contribution >= 0.6 is 11.3 Å². The van der Waals surface area contributed by atoms with Gasteiger partial charge in [0, 0.05) is 25.8 Å². The molecule has 8 heteroatoms. The molecule has 1 N–H and O–H groups in total. The van der Waals surface area contributed by atoms with E-state index in [9.17, 15) is 9.18 Å². The summed E-state index contributed by atoms with van der Waals surface area (Å²) in [5.74, 6) is 0.151. The number of carbonyl (C=O) groups is 1. The second-order valence-electron chi connectivity index (χ2n) is 9.05. The summed E-state index contributed by atoms with van der Waals surface area (Å²) in [4.78, 5) is 22.0. The van der Waals surface area contributed by atoms with Gasteiger partial charge >= 0.3 is 6.09 Å². The number of likely N-dealkylation sites (N-methyl/N-ethyl adjacent to an activating group) is 1. The van der Waals surface area contributed by atoms with E-state index in [0.29, 0.717) is 11.4 Å². The lowest BCUT2D eigenvalue weighted by Crippen LogP contribution is -2.36. The SMILES string of the molecule is CN(CCN1CCCCC1)c1nc2ccc(NC(=O)Oc3ccc(-c4ccc(F)cc4)cc3)cc2s1. The lowest BCUT2D eigenvalue weighted by atomic mass is 10.1. The van der Waals surface area contributed by atoms with E-state index < -0.39 is 6.09 Å². The maximum absolute atomic E-state index is 13.1. The number of nitrogens with zero attached hydrogens (tertiary/aromatic N) is 3. The summed E-state index contributed by atoms with van der Waals surface area (Å²) in [6.07, 6.45) is 3.37. The molecule has 3 aromatic carbocycles. The summed E-state index contributed by atoms with van der Waals surface area (Å²) in [6.45, 7) is 4.38. The first-order valence-electron chi connectivity index (χ1n) is 12.2. The Morgan fingerprint density at radius 3 is 2.44 bits per heavy atom. The third kappa shape index (κ3) is 6.01. The van der Waals surface area contributed by atoms with E-state index in [1.807, 2.05) is 30.3 Å². The third-order valence-electron chi connectivity index (χ3n) is 6.39. The summed E-state index contributed by atoms with van der Waals surface area (Å²) in [6, 6.07) is 19.1. The zero-order valence-electron chi connectivity index (χ0n) is 20.2. The van der Waals surface area contributed by atoms with Crippen LogP contribution in [-0.2, 0) is 0 Å². The van der Waals surface area contributed by atoms with Crippen molar-refractivity contribution in [1.29, 1.82) is 0 Å². The van der Waals surface area contributed by atoms with Gasteiger partial charge in [0.25, 0.3) is 0 Å². The first-order chi connectivity index (χ1) is 17.5. The van der Waals surface area contributed by atoms with Crippen molar-refractivity contribution in [2.75, 3.05) is 43.4 Å². The van der Waals surface area contributed by atoms with E-state index in [2.05, 4.69) is 22.2 Å². The zero-order chi connectivity index (χ0) is 24.9. The highest BCUT2D eigenvalue weighted by Crippen LogP contribution is 2.30. The van der Waals surface area contributed by atoms with E-state index in [0.717, 1.165) is 39.6 Å². The predicted octanol–water partition coefficient (Wildman–Crippen LogP) is 6.64. The Labute approximate surface area is 214 Å². The minimum Gasteiger partial charge on any atom is -0.410 e. The molecule has 1 amide bonds. The Morgan fingerprint density at radius 1 is 1.03 bits per heavy atom. The highest BCUT2D eigenvalue weighted by Gasteiger charge is 2.14. The number of likely N-dealkylation sites (tertiary alicyclic amines) is 1. The van der Waals surface area contributed by atoms with Crippen LogP contribution in [0.5, 0.6) is 5.75 Å². The van der Waals surface area contributed by atoms with Gasteiger partial charge < -0.3 is 14.5 Å². The summed E-state index contributed by atoms with van der Waals surface area (Å²) >= 11 is 1.62. The van der Waals surface area contributed by atoms with Crippen LogP contribution in [0, 0.1) is 5.82 Å². The number of hydrogen-bond acceptors (Lipinski definition) is 6. The zero-order valence-corrected chi connectivity index (χ0v) is 21.1. The Morgan fingerprint density at radius 2 is 1.72 bits per heavy atom. The van der Waals surface area contributed by atoms with E-state index in [-0.39, 0.29) is 5.82 Å².